The van der Waals surface area contributed by atoms with Crippen molar-refractivity contribution in [3.63, 3.8) is 0 Å². The summed E-state index contributed by atoms with van der Waals surface area (Å²) in [5.41, 5.74) is 0. The molecule has 0 spiro atoms. The predicted octanol–water partition coefficient (Wildman–Crippen LogP) is 16.9. The van der Waals surface area contributed by atoms with Gasteiger partial charge in [0.15, 0.2) is 6.10 Å². The van der Waals surface area contributed by atoms with E-state index in [-0.39, 0.29) is 31.1 Å². The first kappa shape index (κ1) is 57.6. The van der Waals surface area contributed by atoms with E-state index in [4.69, 9.17) is 14.2 Å². The van der Waals surface area contributed by atoms with Crippen molar-refractivity contribution in [3.05, 3.63) is 36.5 Å². The number of allylic oxidation sites excluding steroid dienone is 6. The molecule has 0 heterocycles. The summed E-state index contributed by atoms with van der Waals surface area (Å²) in [6, 6.07) is 0. The normalized spacial score (nSPS) is 12.2. The number of ether oxygens (including phenoxy) is 3. The molecule has 0 aliphatic carbocycles. The van der Waals surface area contributed by atoms with Gasteiger partial charge in [-0.2, -0.15) is 0 Å². The van der Waals surface area contributed by atoms with Crippen LogP contribution in [0.2, 0.25) is 0 Å². The number of hydrogen-bond acceptors (Lipinski definition) is 6. The van der Waals surface area contributed by atoms with Crippen molar-refractivity contribution < 1.29 is 28.6 Å². The fourth-order valence-corrected chi connectivity index (χ4v) is 7.44. The van der Waals surface area contributed by atoms with Gasteiger partial charge in [0.1, 0.15) is 13.2 Å². The van der Waals surface area contributed by atoms with E-state index in [1.54, 1.807) is 0 Å². The van der Waals surface area contributed by atoms with Crippen LogP contribution in [0.1, 0.15) is 271 Å². The van der Waals surface area contributed by atoms with Gasteiger partial charge in [-0.15, -0.1) is 0 Å². The Morgan fingerprint density at radius 3 is 1.02 bits per heavy atom. The Balaban J connectivity index is 4.33. The smallest absolute Gasteiger partial charge is 0.306 e. The summed E-state index contributed by atoms with van der Waals surface area (Å²) in [5, 5.41) is 0. The lowest BCUT2D eigenvalue weighted by atomic mass is 10.0. The van der Waals surface area contributed by atoms with Crippen molar-refractivity contribution in [2.45, 2.75) is 277 Å². The molecule has 0 amide bonds. The van der Waals surface area contributed by atoms with Crippen molar-refractivity contribution in [1.29, 1.82) is 0 Å². The van der Waals surface area contributed by atoms with E-state index in [1.807, 2.05) is 0 Å². The Morgan fingerprint density at radius 1 is 0.333 bits per heavy atom. The van der Waals surface area contributed by atoms with Crippen molar-refractivity contribution in [2.24, 2.45) is 0 Å². The summed E-state index contributed by atoms with van der Waals surface area (Å²) in [5.74, 6) is -0.926. The number of unbranched alkanes of at least 4 members (excludes halogenated alkanes) is 31. The Bertz CT molecular complexity index is 1020. The molecule has 60 heavy (non-hydrogen) atoms. The molecular weight excluding hydrogens is 745 g/mol. The van der Waals surface area contributed by atoms with Crippen molar-refractivity contribution in [3.8, 4) is 0 Å². The number of carbonyl (C=O) groups excluding carboxylic acids is 3. The molecule has 0 aliphatic rings. The second-order valence-corrected chi connectivity index (χ2v) is 17.5. The van der Waals surface area contributed by atoms with Gasteiger partial charge in [-0.1, -0.05) is 224 Å². The summed E-state index contributed by atoms with van der Waals surface area (Å²) < 4.78 is 16.7. The molecule has 0 fully saturated rings. The molecular formula is C54H98O6. The van der Waals surface area contributed by atoms with Crippen LogP contribution < -0.4 is 0 Å². The van der Waals surface area contributed by atoms with Crippen LogP contribution >= 0.6 is 0 Å². The molecule has 0 aromatic rings. The highest BCUT2D eigenvalue weighted by Crippen LogP contribution is 2.15. The third kappa shape index (κ3) is 46.7. The third-order valence-electron chi connectivity index (χ3n) is 11.4. The highest BCUT2D eigenvalue weighted by molar-refractivity contribution is 5.71. The summed E-state index contributed by atoms with van der Waals surface area (Å²) in [6.07, 6.45) is 57.1. The molecule has 0 saturated carbocycles. The Kier molecular flexibility index (Phi) is 47.3. The minimum absolute atomic E-state index is 0.0860. The number of esters is 3. The maximum Gasteiger partial charge on any atom is 0.306 e. The highest BCUT2D eigenvalue weighted by atomic mass is 16.6. The minimum Gasteiger partial charge on any atom is -0.462 e. The van der Waals surface area contributed by atoms with E-state index in [0.29, 0.717) is 19.3 Å². The topological polar surface area (TPSA) is 78.9 Å². The van der Waals surface area contributed by atoms with Gasteiger partial charge in [-0.25, -0.2) is 0 Å². The van der Waals surface area contributed by atoms with Crippen molar-refractivity contribution in [2.75, 3.05) is 13.2 Å². The average molecular weight is 843 g/mol. The van der Waals surface area contributed by atoms with Crippen molar-refractivity contribution in [1.82, 2.24) is 0 Å². The molecule has 0 rings (SSSR count). The number of rotatable bonds is 47. The monoisotopic (exact) mass is 843 g/mol. The maximum atomic E-state index is 12.8. The minimum atomic E-state index is -0.784. The number of hydrogen-bond donors (Lipinski definition) is 0. The van der Waals surface area contributed by atoms with Gasteiger partial charge in [-0.05, 0) is 64.2 Å². The predicted molar refractivity (Wildman–Crippen MR) is 256 cm³/mol. The molecule has 1 atom stereocenters. The molecule has 6 heteroatoms. The highest BCUT2D eigenvalue weighted by Gasteiger charge is 2.19. The van der Waals surface area contributed by atoms with Crippen LogP contribution in [0.3, 0.4) is 0 Å². The molecule has 0 bridgehead atoms. The van der Waals surface area contributed by atoms with Crippen LogP contribution in [-0.4, -0.2) is 37.2 Å². The van der Waals surface area contributed by atoms with Crippen LogP contribution in [0.5, 0.6) is 0 Å². The molecule has 0 saturated heterocycles. The lowest BCUT2D eigenvalue weighted by Gasteiger charge is -2.18. The van der Waals surface area contributed by atoms with Crippen LogP contribution in [0.4, 0.5) is 0 Å². The van der Waals surface area contributed by atoms with Gasteiger partial charge in [0, 0.05) is 19.3 Å². The quantitative estimate of drug-likeness (QED) is 0.0200. The van der Waals surface area contributed by atoms with Gasteiger partial charge in [0.2, 0.25) is 0 Å². The van der Waals surface area contributed by atoms with Crippen LogP contribution in [-0.2, 0) is 28.6 Å². The summed E-state index contributed by atoms with van der Waals surface area (Å²) >= 11 is 0. The fraction of sp³-hybridized carbons (Fsp3) is 0.833. The zero-order valence-corrected chi connectivity index (χ0v) is 40.0. The average Bonchev–Trinajstić information content (AvgIpc) is 3.24. The Labute approximate surface area is 372 Å². The molecule has 1 unspecified atom stereocenters. The zero-order valence-electron chi connectivity index (χ0n) is 40.0. The van der Waals surface area contributed by atoms with Gasteiger partial charge >= 0.3 is 17.9 Å². The Hall–Kier alpha value is -2.37. The Morgan fingerprint density at radius 2 is 0.617 bits per heavy atom. The van der Waals surface area contributed by atoms with Gasteiger partial charge in [-0.3, -0.25) is 14.4 Å². The molecule has 350 valence electrons. The largest absolute Gasteiger partial charge is 0.462 e. The van der Waals surface area contributed by atoms with E-state index in [2.05, 4.69) is 57.2 Å². The first-order valence-corrected chi connectivity index (χ1v) is 26.0. The lowest BCUT2D eigenvalue weighted by molar-refractivity contribution is -0.167. The van der Waals surface area contributed by atoms with Crippen LogP contribution in [0, 0.1) is 0 Å². The van der Waals surface area contributed by atoms with Gasteiger partial charge < -0.3 is 14.2 Å². The van der Waals surface area contributed by atoms with E-state index in [9.17, 15) is 14.4 Å². The first-order valence-electron chi connectivity index (χ1n) is 26.0. The van der Waals surface area contributed by atoms with E-state index >= 15 is 0 Å². The maximum absolute atomic E-state index is 12.8. The molecule has 0 aromatic heterocycles. The van der Waals surface area contributed by atoms with E-state index in [0.717, 1.165) is 77.0 Å². The molecule has 0 aliphatic heterocycles. The first-order chi connectivity index (χ1) is 29.5. The fourth-order valence-electron chi connectivity index (χ4n) is 7.44. The SMILES string of the molecule is CCCCCC/C=C\CCCC(=O)OCC(COC(=O)CCCCCCC/C=C\C=C/CCCCCCCCC)OC(=O)CCCCCCCCCCCCCCCCC. The lowest BCUT2D eigenvalue weighted by Crippen LogP contribution is -2.30. The second kappa shape index (κ2) is 49.3. The molecule has 6 nitrogen and oxygen atoms in total. The van der Waals surface area contributed by atoms with Crippen LogP contribution in [0.15, 0.2) is 36.5 Å². The van der Waals surface area contributed by atoms with Crippen LogP contribution in [0.25, 0.3) is 0 Å². The molecule has 0 aromatic carbocycles. The standard InChI is InChI=1S/C54H98O6/c1-4-7-10-13-16-19-21-23-25-26-27-29-30-32-35-38-41-44-47-53(56)59-50-51(49-58-52(55)46-43-40-37-34-18-15-12-9-6-3)60-54(57)48-45-42-39-36-33-31-28-24-22-20-17-14-11-8-5-2/h25-27,29,34,37,51H,4-24,28,30-33,35-36,38-50H2,1-3H3/b26-25-,29-27-,37-34-. The molecule has 0 N–H and O–H groups in total. The summed E-state index contributed by atoms with van der Waals surface area (Å²) in [6.45, 7) is 6.58. The van der Waals surface area contributed by atoms with Crippen molar-refractivity contribution >= 4 is 17.9 Å². The number of carbonyl (C=O) groups is 3. The van der Waals surface area contributed by atoms with Gasteiger partial charge in [0.25, 0.3) is 0 Å². The van der Waals surface area contributed by atoms with E-state index in [1.165, 1.54) is 154 Å². The van der Waals surface area contributed by atoms with Gasteiger partial charge in [0.05, 0.1) is 0 Å². The third-order valence-corrected chi connectivity index (χ3v) is 11.4. The second-order valence-electron chi connectivity index (χ2n) is 17.5. The molecule has 0 radical (unpaired) electrons. The zero-order chi connectivity index (χ0) is 43.7. The summed E-state index contributed by atoms with van der Waals surface area (Å²) in [7, 11) is 0. The van der Waals surface area contributed by atoms with E-state index < -0.39 is 6.10 Å². The summed E-state index contributed by atoms with van der Waals surface area (Å²) in [4.78, 5) is 37.8.